The van der Waals surface area contributed by atoms with Gasteiger partial charge in [-0.3, -0.25) is 4.79 Å². The molecule has 3 unspecified atom stereocenters. The lowest BCUT2D eigenvalue weighted by molar-refractivity contribution is 0.0941. The van der Waals surface area contributed by atoms with E-state index in [2.05, 4.69) is 0 Å². The molecule has 106 valence electrons. The number of ether oxygens (including phenoxy) is 1. The molecule has 0 aromatic heterocycles. The van der Waals surface area contributed by atoms with Crippen molar-refractivity contribution in [2.75, 3.05) is 6.61 Å². The predicted molar refractivity (Wildman–Crippen MR) is 78.5 cm³/mol. The molecule has 2 nitrogen and oxygen atoms in total. The van der Waals surface area contributed by atoms with Crippen LogP contribution >= 0.6 is 11.6 Å². The van der Waals surface area contributed by atoms with E-state index in [9.17, 15) is 4.79 Å². The van der Waals surface area contributed by atoms with Crippen molar-refractivity contribution in [3.8, 4) is 5.75 Å². The van der Waals surface area contributed by atoms with Crippen molar-refractivity contribution in [1.29, 1.82) is 0 Å². The molecule has 0 amide bonds. The highest BCUT2D eigenvalue weighted by atomic mass is 35.5. The number of hydrogen-bond acceptors (Lipinski definition) is 2. The second-order valence-corrected chi connectivity index (χ2v) is 7.04. The first-order valence-electron chi connectivity index (χ1n) is 7.69. The molecule has 0 saturated heterocycles. The van der Waals surface area contributed by atoms with E-state index in [0.717, 1.165) is 29.6 Å². The molecular weight excluding hydrogens is 272 g/mol. The van der Waals surface area contributed by atoms with Crippen molar-refractivity contribution in [2.45, 2.75) is 38.5 Å². The number of carbonyl (C=O) groups is 1. The molecule has 2 fully saturated rings. The van der Waals surface area contributed by atoms with E-state index in [1.54, 1.807) is 6.07 Å². The van der Waals surface area contributed by atoms with E-state index in [1.165, 1.54) is 25.7 Å². The number of ketones is 1. The van der Waals surface area contributed by atoms with Crippen LogP contribution in [0, 0.1) is 17.8 Å². The van der Waals surface area contributed by atoms with Crippen LogP contribution in [0.1, 0.15) is 48.0 Å². The molecule has 3 aliphatic rings. The Hall–Kier alpha value is -1.02. The molecule has 2 bridgehead atoms. The highest BCUT2D eigenvalue weighted by molar-refractivity contribution is 6.31. The summed E-state index contributed by atoms with van der Waals surface area (Å²) in [5.41, 5.74) is 1.81. The van der Waals surface area contributed by atoms with Gasteiger partial charge in [0.05, 0.1) is 12.2 Å². The molecule has 4 rings (SSSR count). The zero-order chi connectivity index (χ0) is 13.7. The van der Waals surface area contributed by atoms with E-state index in [1.807, 2.05) is 6.07 Å². The van der Waals surface area contributed by atoms with Crippen LogP contribution in [-0.4, -0.2) is 12.4 Å². The fourth-order valence-corrected chi connectivity index (χ4v) is 4.69. The Balaban J connectivity index is 1.57. The van der Waals surface area contributed by atoms with Crippen LogP contribution in [0.5, 0.6) is 5.75 Å². The van der Waals surface area contributed by atoms with Crippen LogP contribution in [0.25, 0.3) is 0 Å². The lowest BCUT2D eigenvalue weighted by atomic mass is 9.84. The lowest BCUT2D eigenvalue weighted by Crippen LogP contribution is -2.15. The highest BCUT2D eigenvalue weighted by Gasteiger charge is 2.40. The Morgan fingerprint density at radius 3 is 2.95 bits per heavy atom. The van der Waals surface area contributed by atoms with Crippen molar-refractivity contribution in [2.24, 2.45) is 17.8 Å². The van der Waals surface area contributed by atoms with Gasteiger partial charge in [-0.05, 0) is 54.7 Å². The highest BCUT2D eigenvalue weighted by Crippen LogP contribution is 2.50. The summed E-state index contributed by atoms with van der Waals surface area (Å²) in [5.74, 6) is 3.29. The van der Waals surface area contributed by atoms with Crippen molar-refractivity contribution in [3.05, 3.63) is 28.3 Å². The number of Topliss-reactive ketones (excluding diaryl/α,β-unsaturated/α-hetero) is 1. The molecule has 3 heteroatoms. The minimum absolute atomic E-state index is 0.225. The summed E-state index contributed by atoms with van der Waals surface area (Å²) in [6.07, 6.45) is 6.85. The molecule has 1 heterocycles. The third kappa shape index (κ3) is 2.05. The quantitative estimate of drug-likeness (QED) is 0.777. The van der Waals surface area contributed by atoms with Gasteiger partial charge >= 0.3 is 0 Å². The Labute approximate surface area is 124 Å². The summed E-state index contributed by atoms with van der Waals surface area (Å²) in [4.78, 5) is 12.7. The SMILES string of the molecule is O=C(CC1CC2CCC1C2)c1cc(Cl)cc2c1OCC2. The Bertz CT molecular complexity index is 566. The predicted octanol–water partition coefficient (Wildman–Crippen LogP) is 4.28. The summed E-state index contributed by atoms with van der Waals surface area (Å²) in [6.45, 7) is 0.671. The standard InChI is InChI=1S/C17H19ClO2/c18-14-7-12-3-4-20-17(12)15(9-14)16(19)8-13-6-10-1-2-11(13)5-10/h7,9-11,13H,1-6,8H2. The molecule has 2 aliphatic carbocycles. The maximum absolute atomic E-state index is 12.7. The van der Waals surface area contributed by atoms with Gasteiger partial charge in [-0.1, -0.05) is 18.0 Å². The maximum atomic E-state index is 12.7. The minimum atomic E-state index is 0.225. The fourth-order valence-electron chi connectivity index (χ4n) is 4.45. The van der Waals surface area contributed by atoms with E-state index >= 15 is 0 Å². The average Bonchev–Trinajstić information content (AvgIpc) is 3.12. The number of benzene rings is 1. The average molecular weight is 291 g/mol. The fraction of sp³-hybridized carbons (Fsp3) is 0.588. The first-order chi connectivity index (χ1) is 9.70. The lowest BCUT2D eigenvalue weighted by Gasteiger charge is -2.21. The molecule has 0 radical (unpaired) electrons. The Morgan fingerprint density at radius 1 is 1.30 bits per heavy atom. The number of fused-ring (bicyclic) bond motifs is 3. The monoisotopic (exact) mass is 290 g/mol. The molecule has 3 atom stereocenters. The van der Waals surface area contributed by atoms with Gasteiger partial charge in [-0.2, -0.15) is 0 Å². The van der Waals surface area contributed by atoms with Crippen LogP contribution in [-0.2, 0) is 6.42 Å². The van der Waals surface area contributed by atoms with Crippen LogP contribution < -0.4 is 4.74 Å². The van der Waals surface area contributed by atoms with Gasteiger partial charge in [0.1, 0.15) is 5.75 Å². The minimum Gasteiger partial charge on any atom is -0.492 e. The third-order valence-corrected chi connectivity index (χ3v) is 5.60. The van der Waals surface area contributed by atoms with E-state index in [-0.39, 0.29) is 5.78 Å². The molecule has 0 N–H and O–H groups in total. The van der Waals surface area contributed by atoms with Crippen LogP contribution in [0.4, 0.5) is 0 Å². The van der Waals surface area contributed by atoms with E-state index in [4.69, 9.17) is 16.3 Å². The Morgan fingerprint density at radius 2 is 2.20 bits per heavy atom. The van der Waals surface area contributed by atoms with Crippen molar-refractivity contribution in [1.82, 2.24) is 0 Å². The Kier molecular flexibility index (Phi) is 3.03. The van der Waals surface area contributed by atoms with Gasteiger partial charge in [0, 0.05) is 17.9 Å². The van der Waals surface area contributed by atoms with Crippen LogP contribution in [0.2, 0.25) is 5.02 Å². The number of halogens is 1. The van der Waals surface area contributed by atoms with Gasteiger partial charge in [0.15, 0.2) is 5.78 Å². The van der Waals surface area contributed by atoms with E-state index in [0.29, 0.717) is 29.5 Å². The molecule has 1 aromatic rings. The zero-order valence-electron chi connectivity index (χ0n) is 11.5. The van der Waals surface area contributed by atoms with Crippen LogP contribution in [0.3, 0.4) is 0 Å². The molecule has 0 spiro atoms. The number of carbonyl (C=O) groups excluding carboxylic acids is 1. The first-order valence-corrected chi connectivity index (χ1v) is 8.07. The van der Waals surface area contributed by atoms with Gasteiger partial charge in [-0.15, -0.1) is 0 Å². The second-order valence-electron chi connectivity index (χ2n) is 6.60. The van der Waals surface area contributed by atoms with Crippen molar-refractivity contribution < 1.29 is 9.53 Å². The molecule has 1 aliphatic heterocycles. The first kappa shape index (κ1) is 12.7. The van der Waals surface area contributed by atoms with Crippen molar-refractivity contribution in [3.63, 3.8) is 0 Å². The summed E-state index contributed by atoms with van der Waals surface area (Å²) in [6, 6.07) is 3.72. The van der Waals surface area contributed by atoms with E-state index < -0.39 is 0 Å². The van der Waals surface area contributed by atoms with Gasteiger partial charge in [0.2, 0.25) is 0 Å². The maximum Gasteiger partial charge on any atom is 0.166 e. The van der Waals surface area contributed by atoms with Crippen LogP contribution in [0.15, 0.2) is 12.1 Å². The van der Waals surface area contributed by atoms with Gasteiger partial charge in [0.25, 0.3) is 0 Å². The normalized spacial score (nSPS) is 30.4. The number of rotatable bonds is 3. The molecule has 2 saturated carbocycles. The molecular formula is C17H19ClO2. The summed E-state index contributed by atoms with van der Waals surface area (Å²) in [7, 11) is 0. The zero-order valence-corrected chi connectivity index (χ0v) is 12.3. The largest absolute Gasteiger partial charge is 0.492 e. The number of hydrogen-bond donors (Lipinski definition) is 0. The summed E-state index contributed by atoms with van der Waals surface area (Å²) < 4.78 is 5.65. The van der Waals surface area contributed by atoms with Gasteiger partial charge < -0.3 is 4.74 Å². The van der Waals surface area contributed by atoms with Gasteiger partial charge in [-0.25, -0.2) is 0 Å². The molecule has 20 heavy (non-hydrogen) atoms. The molecule has 1 aromatic carbocycles. The summed E-state index contributed by atoms with van der Waals surface area (Å²) >= 11 is 6.14. The smallest absolute Gasteiger partial charge is 0.166 e. The van der Waals surface area contributed by atoms with Crippen molar-refractivity contribution >= 4 is 17.4 Å². The third-order valence-electron chi connectivity index (χ3n) is 5.38. The second kappa shape index (κ2) is 4.77. The summed E-state index contributed by atoms with van der Waals surface area (Å²) in [5, 5.41) is 0.658. The topological polar surface area (TPSA) is 26.3 Å².